The summed E-state index contributed by atoms with van der Waals surface area (Å²) in [5.41, 5.74) is 3.34. The molecule has 5 heteroatoms. The molecule has 1 aromatic heterocycles. The predicted octanol–water partition coefficient (Wildman–Crippen LogP) is 3.41. The number of carbonyl (C=O) groups is 2. The Morgan fingerprint density at radius 2 is 2.00 bits per heavy atom. The van der Waals surface area contributed by atoms with Gasteiger partial charge in [-0.15, -0.1) is 0 Å². The predicted molar refractivity (Wildman–Crippen MR) is 96.6 cm³/mol. The second kappa shape index (κ2) is 6.67. The second-order valence-electron chi connectivity index (χ2n) is 6.76. The lowest BCUT2D eigenvalue weighted by molar-refractivity contribution is -0.122. The van der Waals surface area contributed by atoms with Crippen molar-refractivity contribution in [2.75, 3.05) is 16.8 Å². The summed E-state index contributed by atoms with van der Waals surface area (Å²) in [7, 11) is 0. The van der Waals surface area contributed by atoms with E-state index in [4.69, 9.17) is 0 Å². The molecule has 5 nitrogen and oxygen atoms in total. The van der Waals surface area contributed by atoms with Gasteiger partial charge in [0.05, 0.1) is 5.56 Å². The third-order valence-electron chi connectivity index (χ3n) is 5.13. The van der Waals surface area contributed by atoms with Crippen LogP contribution in [0.4, 0.5) is 11.4 Å². The largest absolute Gasteiger partial charge is 0.322 e. The Hall–Kier alpha value is -2.69. The van der Waals surface area contributed by atoms with Crippen LogP contribution < -0.4 is 10.2 Å². The van der Waals surface area contributed by atoms with Crippen molar-refractivity contribution in [3.8, 4) is 0 Å². The number of aromatic nitrogens is 1. The van der Waals surface area contributed by atoms with Crippen molar-refractivity contribution in [2.24, 2.45) is 5.92 Å². The van der Waals surface area contributed by atoms with Gasteiger partial charge in [0.15, 0.2) is 0 Å². The number of rotatable bonds is 3. The van der Waals surface area contributed by atoms with Gasteiger partial charge in [0, 0.05) is 36.2 Å². The number of anilines is 2. The Balaban J connectivity index is 1.54. The number of nitrogens with one attached hydrogen (secondary N) is 1. The standard InChI is InChI=1S/C20H21N3O2/c24-19(16-6-3-10-21-13-16)22-17-8-7-14-9-11-23(18(14)12-17)20(25)15-4-1-2-5-15/h3,6-8,10,12-13,15H,1-2,4-5,9,11H2,(H,22,24). The lowest BCUT2D eigenvalue weighted by Gasteiger charge is -2.21. The van der Waals surface area contributed by atoms with Crippen molar-refractivity contribution in [1.82, 2.24) is 4.98 Å². The summed E-state index contributed by atoms with van der Waals surface area (Å²) in [4.78, 5) is 31.0. The van der Waals surface area contributed by atoms with Crippen LogP contribution in [0, 0.1) is 5.92 Å². The highest BCUT2D eigenvalue weighted by Gasteiger charge is 2.31. The average Bonchev–Trinajstić information content (AvgIpc) is 3.31. The van der Waals surface area contributed by atoms with Gasteiger partial charge in [-0.3, -0.25) is 14.6 Å². The van der Waals surface area contributed by atoms with E-state index >= 15 is 0 Å². The van der Waals surface area contributed by atoms with Gasteiger partial charge >= 0.3 is 0 Å². The molecular formula is C20H21N3O2. The fourth-order valence-corrected chi connectivity index (χ4v) is 3.78. The van der Waals surface area contributed by atoms with E-state index in [0.717, 1.165) is 44.3 Å². The summed E-state index contributed by atoms with van der Waals surface area (Å²) in [6.07, 6.45) is 8.36. The third-order valence-corrected chi connectivity index (χ3v) is 5.13. The summed E-state index contributed by atoms with van der Waals surface area (Å²) in [5, 5.41) is 2.90. The van der Waals surface area contributed by atoms with Gasteiger partial charge in [0.1, 0.15) is 0 Å². The fraction of sp³-hybridized carbons (Fsp3) is 0.350. The maximum atomic E-state index is 12.8. The lowest BCUT2D eigenvalue weighted by Crippen LogP contribution is -2.33. The van der Waals surface area contributed by atoms with Gasteiger partial charge in [-0.2, -0.15) is 0 Å². The maximum absolute atomic E-state index is 12.8. The summed E-state index contributed by atoms with van der Waals surface area (Å²) >= 11 is 0. The molecule has 4 rings (SSSR count). The Bertz CT molecular complexity index is 798. The highest BCUT2D eigenvalue weighted by atomic mass is 16.2. The highest BCUT2D eigenvalue weighted by Crippen LogP contribution is 2.35. The molecule has 0 radical (unpaired) electrons. The number of amides is 2. The number of fused-ring (bicyclic) bond motifs is 1. The lowest BCUT2D eigenvalue weighted by atomic mass is 10.1. The number of carbonyl (C=O) groups excluding carboxylic acids is 2. The first-order valence-electron chi connectivity index (χ1n) is 8.88. The summed E-state index contributed by atoms with van der Waals surface area (Å²) in [6, 6.07) is 9.29. The molecule has 2 aliphatic rings. The molecule has 0 spiro atoms. The monoisotopic (exact) mass is 335 g/mol. The van der Waals surface area contributed by atoms with E-state index in [2.05, 4.69) is 10.3 Å². The number of benzene rings is 1. The first-order valence-corrected chi connectivity index (χ1v) is 8.88. The fourth-order valence-electron chi connectivity index (χ4n) is 3.78. The van der Waals surface area contributed by atoms with Crippen LogP contribution in [0.15, 0.2) is 42.7 Å². The minimum atomic E-state index is -0.195. The molecule has 1 aromatic carbocycles. The number of hydrogen-bond acceptors (Lipinski definition) is 3. The molecule has 128 valence electrons. The maximum Gasteiger partial charge on any atom is 0.257 e. The van der Waals surface area contributed by atoms with Crippen molar-refractivity contribution in [3.63, 3.8) is 0 Å². The second-order valence-corrected chi connectivity index (χ2v) is 6.76. The van der Waals surface area contributed by atoms with Crippen LogP contribution in [0.1, 0.15) is 41.6 Å². The topological polar surface area (TPSA) is 62.3 Å². The van der Waals surface area contributed by atoms with Crippen molar-refractivity contribution in [1.29, 1.82) is 0 Å². The summed E-state index contributed by atoms with van der Waals surface area (Å²) in [6.45, 7) is 0.741. The molecule has 2 aromatic rings. The molecule has 1 aliphatic heterocycles. The summed E-state index contributed by atoms with van der Waals surface area (Å²) < 4.78 is 0. The van der Waals surface area contributed by atoms with Crippen LogP contribution in [0.3, 0.4) is 0 Å². The van der Waals surface area contributed by atoms with Crippen molar-refractivity contribution in [3.05, 3.63) is 53.9 Å². The summed E-state index contributed by atoms with van der Waals surface area (Å²) in [5.74, 6) is 0.214. The van der Waals surface area contributed by atoms with E-state index in [9.17, 15) is 9.59 Å². The molecule has 1 fully saturated rings. The molecule has 2 heterocycles. The van der Waals surface area contributed by atoms with Crippen LogP contribution in [0.5, 0.6) is 0 Å². The first-order chi connectivity index (χ1) is 12.2. The minimum absolute atomic E-state index is 0.166. The molecule has 1 aliphatic carbocycles. The molecule has 0 atom stereocenters. The van der Waals surface area contributed by atoms with E-state index < -0.39 is 0 Å². The number of nitrogens with zero attached hydrogens (tertiary/aromatic N) is 2. The zero-order chi connectivity index (χ0) is 17.2. The van der Waals surface area contributed by atoms with Crippen LogP contribution in [0.2, 0.25) is 0 Å². The van der Waals surface area contributed by atoms with E-state index in [1.54, 1.807) is 24.5 Å². The Morgan fingerprint density at radius 1 is 1.16 bits per heavy atom. The smallest absolute Gasteiger partial charge is 0.257 e. The van der Waals surface area contributed by atoms with Gasteiger partial charge in [0.25, 0.3) is 5.91 Å². The van der Waals surface area contributed by atoms with E-state index in [0.29, 0.717) is 11.3 Å². The molecule has 0 unspecified atom stereocenters. The van der Waals surface area contributed by atoms with Gasteiger partial charge < -0.3 is 10.2 Å². The van der Waals surface area contributed by atoms with Gasteiger partial charge in [-0.25, -0.2) is 0 Å². The molecular weight excluding hydrogens is 314 g/mol. The molecule has 1 saturated carbocycles. The van der Waals surface area contributed by atoms with Crippen molar-refractivity contribution >= 4 is 23.2 Å². The zero-order valence-corrected chi connectivity index (χ0v) is 14.1. The third kappa shape index (κ3) is 3.14. The normalized spacial score (nSPS) is 16.7. The van der Waals surface area contributed by atoms with Gasteiger partial charge in [0.2, 0.25) is 5.91 Å². The van der Waals surface area contributed by atoms with Crippen molar-refractivity contribution in [2.45, 2.75) is 32.1 Å². The first kappa shape index (κ1) is 15.8. The Kier molecular flexibility index (Phi) is 4.22. The van der Waals surface area contributed by atoms with E-state index in [1.165, 1.54) is 5.56 Å². The Labute approximate surface area is 147 Å². The van der Waals surface area contributed by atoms with Crippen LogP contribution >= 0.6 is 0 Å². The average molecular weight is 335 g/mol. The van der Waals surface area contributed by atoms with Crippen molar-refractivity contribution < 1.29 is 9.59 Å². The van der Waals surface area contributed by atoms with Gasteiger partial charge in [-0.1, -0.05) is 18.9 Å². The number of pyridine rings is 1. The molecule has 0 saturated heterocycles. The molecule has 1 N–H and O–H groups in total. The van der Waals surface area contributed by atoms with Crippen LogP contribution in [-0.2, 0) is 11.2 Å². The van der Waals surface area contributed by atoms with E-state index in [-0.39, 0.29) is 17.7 Å². The minimum Gasteiger partial charge on any atom is -0.322 e. The van der Waals surface area contributed by atoms with E-state index in [1.807, 2.05) is 23.1 Å². The zero-order valence-electron chi connectivity index (χ0n) is 14.1. The molecule has 2 amide bonds. The quantitative estimate of drug-likeness (QED) is 0.935. The number of hydrogen-bond donors (Lipinski definition) is 1. The molecule has 0 bridgehead atoms. The molecule has 25 heavy (non-hydrogen) atoms. The van der Waals surface area contributed by atoms with Crippen LogP contribution in [-0.4, -0.2) is 23.3 Å². The Morgan fingerprint density at radius 3 is 2.76 bits per heavy atom. The van der Waals surface area contributed by atoms with Crippen LogP contribution in [0.25, 0.3) is 0 Å². The SMILES string of the molecule is O=C(Nc1ccc2c(c1)N(C(=O)C1CCCC1)CC2)c1cccnc1. The highest BCUT2D eigenvalue weighted by molar-refractivity contribution is 6.05. The van der Waals surface area contributed by atoms with Gasteiger partial charge in [-0.05, 0) is 49.1 Å².